The van der Waals surface area contributed by atoms with Gasteiger partial charge in [0.2, 0.25) is 0 Å². The van der Waals surface area contributed by atoms with Crippen molar-refractivity contribution in [2.45, 2.75) is 24.3 Å². The van der Waals surface area contributed by atoms with Gasteiger partial charge in [0, 0.05) is 38.4 Å². The molecule has 0 fully saturated rings. The molecule has 28 heavy (non-hydrogen) atoms. The van der Waals surface area contributed by atoms with E-state index in [1.807, 2.05) is 31.2 Å². The number of nitrogens with one attached hydrogen (secondary N) is 1. The predicted octanol–water partition coefficient (Wildman–Crippen LogP) is 2.42. The molecular weight excluding hydrogens is 376 g/mol. The molecule has 2 heterocycles. The number of benzene rings is 1. The molecule has 0 saturated heterocycles. The standard InChI is InChI=1S/C19H22N6O2S/c1-14-5-7-15(8-6-14)25-16(13-28-19-21-9-3-10-22-19)17(23-24-25)18(26)20-11-4-12-27-2/h3,5-10H,4,11-13H2,1-2H3,(H,20,26). The van der Waals surface area contributed by atoms with Crippen molar-refractivity contribution < 1.29 is 9.53 Å². The van der Waals surface area contributed by atoms with Crippen LogP contribution in [-0.2, 0) is 10.5 Å². The van der Waals surface area contributed by atoms with Gasteiger partial charge in [-0.25, -0.2) is 14.6 Å². The van der Waals surface area contributed by atoms with Gasteiger partial charge in [-0.1, -0.05) is 34.7 Å². The van der Waals surface area contributed by atoms with Gasteiger partial charge in [-0.3, -0.25) is 4.79 Å². The fourth-order valence-electron chi connectivity index (χ4n) is 2.50. The van der Waals surface area contributed by atoms with E-state index in [4.69, 9.17) is 4.74 Å². The average molecular weight is 398 g/mol. The Morgan fingerprint density at radius 3 is 2.68 bits per heavy atom. The molecule has 0 aliphatic carbocycles. The summed E-state index contributed by atoms with van der Waals surface area (Å²) in [6, 6.07) is 9.67. The number of ether oxygens (including phenoxy) is 1. The van der Waals surface area contributed by atoms with E-state index in [9.17, 15) is 4.79 Å². The largest absolute Gasteiger partial charge is 0.385 e. The molecule has 2 aromatic heterocycles. The Morgan fingerprint density at radius 1 is 1.21 bits per heavy atom. The van der Waals surface area contributed by atoms with Crippen molar-refractivity contribution in [1.29, 1.82) is 0 Å². The van der Waals surface area contributed by atoms with E-state index in [-0.39, 0.29) is 5.91 Å². The lowest BCUT2D eigenvalue weighted by Crippen LogP contribution is -2.26. The summed E-state index contributed by atoms with van der Waals surface area (Å²) in [5.41, 5.74) is 3.00. The molecule has 0 bridgehead atoms. The molecule has 0 aliphatic heterocycles. The number of aromatic nitrogens is 5. The van der Waals surface area contributed by atoms with Crippen molar-refractivity contribution in [3.05, 3.63) is 59.7 Å². The first kappa shape index (κ1) is 20.0. The number of amides is 1. The molecule has 1 N–H and O–H groups in total. The third-order valence-electron chi connectivity index (χ3n) is 3.95. The Morgan fingerprint density at radius 2 is 1.96 bits per heavy atom. The maximum absolute atomic E-state index is 12.6. The van der Waals surface area contributed by atoms with Gasteiger partial charge in [0.1, 0.15) is 0 Å². The number of thioether (sulfide) groups is 1. The first-order valence-corrected chi connectivity index (χ1v) is 9.86. The van der Waals surface area contributed by atoms with Crippen molar-refractivity contribution in [3.63, 3.8) is 0 Å². The highest BCUT2D eigenvalue weighted by atomic mass is 32.2. The van der Waals surface area contributed by atoms with Crippen LogP contribution >= 0.6 is 11.8 Å². The molecule has 146 valence electrons. The average Bonchev–Trinajstić information content (AvgIpc) is 3.15. The van der Waals surface area contributed by atoms with Crippen molar-refractivity contribution in [1.82, 2.24) is 30.3 Å². The van der Waals surface area contributed by atoms with Crippen LogP contribution in [-0.4, -0.2) is 51.1 Å². The third-order valence-corrected chi connectivity index (χ3v) is 4.83. The summed E-state index contributed by atoms with van der Waals surface area (Å²) in [5.74, 6) is 0.213. The number of aryl methyl sites for hydroxylation is 1. The maximum atomic E-state index is 12.6. The molecule has 8 nitrogen and oxygen atoms in total. The van der Waals surface area contributed by atoms with Crippen LogP contribution < -0.4 is 5.32 Å². The molecule has 1 aromatic carbocycles. The SMILES string of the molecule is COCCCNC(=O)c1nnn(-c2ccc(C)cc2)c1CSc1ncccn1. The van der Waals surface area contributed by atoms with Gasteiger partial charge in [-0.15, -0.1) is 5.10 Å². The molecule has 0 atom stereocenters. The van der Waals surface area contributed by atoms with Crippen LogP contribution in [0.4, 0.5) is 0 Å². The van der Waals surface area contributed by atoms with E-state index in [0.29, 0.717) is 35.4 Å². The highest BCUT2D eigenvalue weighted by molar-refractivity contribution is 7.98. The summed E-state index contributed by atoms with van der Waals surface area (Å²) in [5, 5.41) is 11.9. The summed E-state index contributed by atoms with van der Waals surface area (Å²) in [6.07, 6.45) is 4.11. The second-order valence-corrected chi connectivity index (χ2v) is 7.00. The monoisotopic (exact) mass is 398 g/mol. The second-order valence-electron chi connectivity index (χ2n) is 6.05. The molecule has 0 spiro atoms. The van der Waals surface area contributed by atoms with Gasteiger partial charge < -0.3 is 10.1 Å². The number of rotatable bonds is 9. The highest BCUT2D eigenvalue weighted by Gasteiger charge is 2.21. The lowest BCUT2D eigenvalue weighted by Gasteiger charge is -2.08. The minimum atomic E-state index is -0.251. The first-order chi connectivity index (χ1) is 13.7. The van der Waals surface area contributed by atoms with E-state index in [1.54, 1.807) is 30.3 Å². The number of methoxy groups -OCH3 is 1. The summed E-state index contributed by atoms with van der Waals surface area (Å²) in [6.45, 7) is 3.12. The topological polar surface area (TPSA) is 94.8 Å². The molecule has 9 heteroatoms. The minimum absolute atomic E-state index is 0.251. The van der Waals surface area contributed by atoms with Gasteiger partial charge in [0.05, 0.1) is 11.4 Å². The molecule has 0 radical (unpaired) electrons. The van der Waals surface area contributed by atoms with Gasteiger partial charge in [-0.2, -0.15) is 0 Å². The normalized spacial score (nSPS) is 10.8. The lowest BCUT2D eigenvalue weighted by atomic mass is 10.2. The highest BCUT2D eigenvalue weighted by Crippen LogP contribution is 2.23. The molecule has 0 saturated carbocycles. The Labute approximate surface area is 167 Å². The number of nitrogens with zero attached hydrogens (tertiary/aromatic N) is 5. The molecule has 3 rings (SSSR count). The van der Waals surface area contributed by atoms with E-state index in [2.05, 4.69) is 25.6 Å². The third kappa shape index (κ3) is 5.14. The zero-order valence-corrected chi connectivity index (χ0v) is 16.6. The van der Waals surface area contributed by atoms with E-state index >= 15 is 0 Å². The number of hydrogen-bond acceptors (Lipinski definition) is 7. The summed E-state index contributed by atoms with van der Waals surface area (Å²) < 4.78 is 6.71. The summed E-state index contributed by atoms with van der Waals surface area (Å²) in [7, 11) is 1.63. The van der Waals surface area contributed by atoms with E-state index in [0.717, 1.165) is 17.7 Å². The maximum Gasteiger partial charge on any atom is 0.273 e. The van der Waals surface area contributed by atoms with Crippen LogP contribution in [0.1, 0.15) is 28.2 Å². The van der Waals surface area contributed by atoms with Gasteiger partial charge in [0.15, 0.2) is 10.9 Å². The van der Waals surface area contributed by atoms with Crippen molar-refractivity contribution >= 4 is 17.7 Å². The van der Waals surface area contributed by atoms with Crippen LogP contribution in [0.5, 0.6) is 0 Å². The Hall–Kier alpha value is -2.78. The second kappa shape index (κ2) is 9.95. The van der Waals surface area contributed by atoms with E-state index < -0.39 is 0 Å². The number of carbonyl (C=O) groups is 1. The van der Waals surface area contributed by atoms with Crippen LogP contribution in [0.3, 0.4) is 0 Å². The van der Waals surface area contributed by atoms with Gasteiger partial charge >= 0.3 is 0 Å². The summed E-state index contributed by atoms with van der Waals surface area (Å²) in [4.78, 5) is 21.1. The fourth-order valence-corrected chi connectivity index (χ4v) is 3.29. The molecule has 0 aliphatic rings. The van der Waals surface area contributed by atoms with Crippen LogP contribution in [0.2, 0.25) is 0 Å². The molecule has 0 unspecified atom stereocenters. The number of carbonyl (C=O) groups excluding carboxylic acids is 1. The Bertz CT molecular complexity index is 899. The predicted molar refractivity (Wildman–Crippen MR) is 107 cm³/mol. The van der Waals surface area contributed by atoms with Crippen LogP contribution in [0.15, 0.2) is 47.9 Å². The Balaban J connectivity index is 1.84. The van der Waals surface area contributed by atoms with Crippen LogP contribution in [0.25, 0.3) is 5.69 Å². The van der Waals surface area contributed by atoms with E-state index in [1.165, 1.54) is 11.8 Å². The minimum Gasteiger partial charge on any atom is -0.385 e. The van der Waals surface area contributed by atoms with Crippen molar-refractivity contribution in [2.75, 3.05) is 20.3 Å². The number of hydrogen-bond donors (Lipinski definition) is 1. The lowest BCUT2D eigenvalue weighted by molar-refractivity contribution is 0.0943. The molecular formula is C19H22N6O2S. The smallest absolute Gasteiger partial charge is 0.273 e. The van der Waals surface area contributed by atoms with Gasteiger partial charge in [0.25, 0.3) is 5.91 Å². The van der Waals surface area contributed by atoms with Crippen LogP contribution in [0, 0.1) is 6.92 Å². The van der Waals surface area contributed by atoms with Gasteiger partial charge in [-0.05, 0) is 31.5 Å². The zero-order valence-electron chi connectivity index (χ0n) is 15.8. The van der Waals surface area contributed by atoms with Crippen molar-refractivity contribution in [3.8, 4) is 5.69 Å². The quantitative estimate of drug-likeness (QED) is 0.336. The zero-order chi connectivity index (χ0) is 19.8. The first-order valence-electron chi connectivity index (χ1n) is 8.87. The molecule has 3 aromatic rings. The van der Waals surface area contributed by atoms with Crippen molar-refractivity contribution in [2.24, 2.45) is 0 Å². The molecule has 1 amide bonds. The Kier molecular flexibility index (Phi) is 7.10. The fraction of sp³-hybridized carbons (Fsp3) is 0.316. The summed E-state index contributed by atoms with van der Waals surface area (Å²) >= 11 is 1.43.